The van der Waals surface area contributed by atoms with E-state index in [-0.39, 0.29) is 0 Å². The van der Waals surface area contributed by atoms with Crippen LogP contribution in [0.2, 0.25) is 0 Å². The average molecular weight is 211 g/mol. The third-order valence-electron chi connectivity index (χ3n) is 1.40. The van der Waals surface area contributed by atoms with Crippen molar-refractivity contribution in [2.75, 3.05) is 0 Å². The Bertz CT molecular complexity index is 209. The minimum atomic E-state index is 0.554. The molecule has 0 saturated carbocycles. The molecule has 2 heteroatoms. The fraction of sp³-hybridized carbons (Fsp3) is 0.500. The third-order valence-corrected chi connectivity index (χ3v) is 2.52. The van der Waals surface area contributed by atoms with E-state index in [1.165, 1.54) is 5.56 Å². The van der Waals surface area contributed by atoms with Crippen LogP contribution in [0.25, 0.3) is 0 Å². The van der Waals surface area contributed by atoms with Crippen molar-refractivity contribution in [3.05, 3.63) is 35.9 Å². The van der Waals surface area contributed by atoms with Crippen LogP contribution in [0.3, 0.4) is 0 Å². The van der Waals surface area contributed by atoms with Crippen LogP contribution >= 0.6 is 11.9 Å². The van der Waals surface area contributed by atoms with Crippen LogP contribution in [-0.4, -0.2) is 6.04 Å². The summed E-state index contributed by atoms with van der Waals surface area (Å²) < 4.78 is 3.31. The first-order chi connectivity index (χ1) is 6.79. The van der Waals surface area contributed by atoms with E-state index in [2.05, 4.69) is 42.8 Å². The van der Waals surface area contributed by atoms with Gasteiger partial charge in [0.15, 0.2) is 0 Å². The second kappa shape index (κ2) is 9.10. The molecular formula is C12H21NS. The lowest BCUT2D eigenvalue weighted by molar-refractivity contribution is 0.770. The highest BCUT2D eigenvalue weighted by molar-refractivity contribution is 7.96. The minimum Gasteiger partial charge on any atom is -0.261 e. The van der Waals surface area contributed by atoms with Crippen molar-refractivity contribution in [2.45, 2.75) is 39.5 Å². The molecule has 0 fully saturated rings. The summed E-state index contributed by atoms with van der Waals surface area (Å²) >= 11 is 1.76. The molecule has 0 radical (unpaired) electrons. The summed E-state index contributed by atoms with van der Waals surface area (Å²) in [4.78, 5) is 0. The maximum Gasteiger partial charge on any atom is 0.0330 e. The Balaban J connectivity index is 0.000000791. The highest BCUT2D eigenvalue weighted by Gasteiger charge is 1.93. The molecule has 0 heterocycles. The molecule has 0 aliphatic carbocycles. The van der Waals surface area contributed by atoms with Crippen LogP contribution in [0.4, 0.5) is 0 Å². The second-order valence-corrected chi connectivity index (χ2v) is 3.86. The first-order valence-corrected chi connectivity index (χ1v) is 6.19. The highest BCUT2D eigenvalue weighted by Crippen LogP contribution is 2.08. The van der Waals surface area contributed by atoms with Crippen LogP contribution in [0.15, 0.2) is 30.3 Å². The standard InChI is InChI=1S/C10H15NS.C2H6/c1-9(2)11-12-8-10-6-4-3-5-7-10;1-2/h3-7,9,11H,8H2,1-2H3;1-2H3. The molecule has 0 saturated heterocycles. The summed E-state index contributed by atoms with van der Waals surface area (Å²) in [6.07, 6.45) is 0. The molecular weight excluding hydrogens is 190 g/mol. The van der Waals surface area contributed by atoms with Gasteiger partial charge >= 0.3 is 0 Å². The zero-order valence-corrected chi connectivity index (χ0v) is 10.4. The Morgan fingerprint density at radius 2 is 1.71 bits per heavy atom. The fourth-order valence-corrected chi connectivity index (χ4v) is 1.64. The van der Waals surface area contributed by atoms with Gasteiger partial charge in [0.1, 0.15) is 0 Å². The van der Waals surface area contributed by atoms with Crippen molar-refractivity contribution >= 4 is 11.9 Å². The summed E-state index contributed by atoms with van der Waals surface area (Å²) in [6.45, 7) is 8.30. The van der Waals surface area contributed by atoms with Gasteiger partial charge in [0.25, 0.3) is 0 Å². The van der Waals surface area contributed by atoms with E-state index in [1.807, 2.05) is 19.9 Å². The lowest BCUT2D eigenvalue weighted by Gasteiger charge is -2.06. The lowest BCUT2D eigenvalue weighted by Crippen LogP contribution is -2.14. The zero-order chi connectivity index (χ0) is 10.8. The molecule has 1 N–H and O–H groups in total. The SMILES string of the molecule is CC.CC(C)NSCc1ccccc1. The first-order valence-electron chi connectivity index (χ1n) is 5.20. The first kappa shape index (κ1) is 13.5. The maximum absolute atomic E-state index is 3.31. The number of hydrogen-bond donors (Lipinski definition) is 1. The quantitative estimate of drug-likeness (QED) is 0.759. The molecule has 14 heavy (non-hydrogen) atoms. The molecule has 1 aromatic rings. The van der Waals surface area contributed by atoms with Gasteiger partial charge in [-0.2, -0.15) is 0 Å². The minimum absolute atomic E-state index is 0.554. The molecule has 1 aromatic carbocycles. The van der Waals surface area contributed by atoms with Crippen molar-refractivity contribution in [1.29, 1.82) is 0 Å². The number of rotatable bonds is 4. The molecule has 0 atom stereocenters. The second-order valence-electron chi connectivity index (χ2n) is 3.05. The predicted octanol–water partition coefficient (Wildman–Crippen LogP) is 3.86. The van der Waals surface area contributed by atoms with E-state index < -0.39 is 0 Å². The van der Waals surface area contributed by atoms with Crippen molar-refractivity contribution in [1.82, 2.24) is 4.72 Å². The molecule has 0 aromatic heterocycles. The summed E-state index contributed by atoms with van der Waals surface area (Å²) in [5, 5.41) is 0. The van der Waals surface area contributed by atoms with Gasteiger partial charge in [-0.3, -0.25) is 4.72 Å². The van der Waals surface area contributed by atoms with Crippen LogP contribution in [-0.2, 0) is 5.75 Å². The van der Waals surface area contributed by atoms with E-state index >= 15 is 0 Å². The van der Waals surface area contributed by atoms with Crippen molar-refractivity contribution < 1.29 is 0 Å². The van der Waals surface area contributed by atoms with Crippen LogP contribution in [0.5, 0.6) is 0 Å². The fourth-order valence-electron chi connectivity index (χ4n) is 0.866. The van der Waals surface area contributed by atoms with Gasteiger partial charge in [-0.1, -0.05) is 56.1 Å². The Hall–Kier alpha value is -0.470. The number of benzene rings is 1. The van der Waals surface area contributed by atoms with Gasteiger partial charge in [-0.05, 0) is 19.4 Å². The van der Waals surface area contributed by atoms with Crippen molar-refractivity contribution in [3.8, 4) is 0 Å². The zero-order valence-electron chi connectivity index (χ0n) is 9.58. The van der Waals surface area contributed by atoms with Gasteiger partial charge in [-0.25, -0.2) is 0 Å². The van der Waals surface area contributed by atoms with E-state index in [0.29, 0.717) is 6.04 Å². The van der Waals surface area contributed by atoms with Crippen molar-refractivity contribution in [2.24, 2.45) is 0 Å². The molecule has 80 valence electrons. The van der Waals surface area contributed by atoms with E-state index in [9.17, 15) is 0 Å². The smallest absolute Gasteiger partial charge is 0.0330 e. The van der Waals surface area contributed by atoms with Crippen LogP contribution in [0, 0.1) is 0 Å². The molecule has 0 spiro atoms. The topological polar surface area (TPSA) is 12.0 Å². The van der Waals surface area contributed by atoms with E-state index in [0.717, 1.165) is 5.75 Å². The molecule has 1 rings (SSSR count). The van der Waals surface area contributed by atoms with Crippen LogP contribution < -0.4 is 4.72 Å². The van der Waals surface area contributed by atoms with Crippen LogP contribution in [0.1, 0.15) is 33.3 Å². The normalized spacial score (nSPS) is 9.50. The number of hydrogen-bond acceptors (Lipinski definition) is 2. The number of nitrogens with one attached hydrogen (secondary N) is 1. The van der Waals surface area contributed by atoms with Gasteiger partial charge in [0.05, 0.1) is 0 Å². The highest BCUT2D eigenvalue weighted by atomic mass is 32.2. The van der Waals surface area contributed by atoms with Gasteiger partial charge < -0.3 is 0 Å². The monoisotopic (exact) mass is 211 g/mol. The molecule has 0 unspecified atom stereocenters. The largest absolute Gasteiger partial charge is 0.261 e. The molecule has 0 aliphatic rings. The predicted molar refractivity (Wildman–Crippen MR) is 67.4 cm³/mol. The molecule has 1 nitrogen and oxygen atoms in total. The lowest BCUT2D eigenvalue weighted by atomic mass is 10.2. The summed E-state index contributed by atoms with van der Waals surface area (Å²) in [6, 6.07) is 11.0. The Morgan fingerprint density at radius 1 is 1.14 bits per heavy atom. The molecule has 0 aliphatic heterocycles. The van der Waals surface area contributed by atoms with Gasteiger partial charge in [0.2, 0.25) is 0 Å². The molecule has 0 amide bonds. The molecule has 0 bridgehead atoms. The van der Waals surface area contributed by atoms with E-state index in [1.54, 1.807) is 11.9 Å². The Labute approximate surface area is 92.4 Å². The third kappa shape index (κ3) is 6.98. The van der Waals surface area contributed by atoms with Gasteiger partial charge in [-0.15, -0.1) is 0 Å². The Morgan fingerprint density at radius 3 is 2.21 bits per heavy atom. The average Bonchev–Trinajstić information content (AvgIpc) is 2.22. The summed E-state index contributed by atoms with van der Waals surface area (Å²) in [7, 11) is 0. The maximum atomic E-state index is 3.31. The van der Waals surface area contributed by atoms with E-state index in [4.69, 9.17) is 0 Å². The summed E-state index contributed by atoms with van der Waals surface area (Å²) in [5.74, 6) is 1.04. The van der Waals surface area contributed by atoms with Gasteiger partial charge in [0, 0.05) is 11.8 Å². The van der Waals surface area contributed by atoms with Crippen molar-refractivity contribution in [3.63, 3.8) is 0 Å². The summed E-state index contributed by atoms with van der Waals surface area (Å²) in [5.41, 5.74) is 1.37. The Kier molecular flexibility index (Phi) is 8.79.